The number of hydrogen-bond acceptors (Lipinski definition) is 4. The highest BCUT2D eigenvalue weighted by atomic mass is 16.4. The van der Waals surface area contributed by atoms with Gasteiger partial charge >= 0.3 is 11.7 Å². The van der Waals surface area contributed by atoms with Crippen LogP contribution < -0.4 is 10.9 Å². The number of rotatable bonds is 2. The van der Waals surface area contributed by atoms with Crippen LogP contribution >= 0.6 is 0 Å². The van der Waals surface area contributed by atoms with Gasteiger partial charge < -0.3 is 9.73 Å². The Hall–Kier alpha value is -3.15. The van der Waals surface area contributed by atoms with Crippen molar-refractivity contribution in [3.63, 3.8) is 0 Å². The van der Waals surface area contributed by atoms with Gasteiger partial charge in [-0.25, -0.2) is 9.59 Å². The Balaban J connectivity index is 1.62. The highest BCUT2D eigenvalue weighted by Crippen LogP contribution is 2.39. The molecule has 1 aliphatic heterocycles. The van der Waals surface area contributed by atoms with E-state index in [-0.39, 0.29) is 24.4 Å². The van der Waals surface area contributed by atoms with Crippen molar-refractivity contribution in [3.05, 3.63) is 58.4 Å². The van der Waals surface area contributed by atoms with Crippen molar-refractivity contribution in [2.75, 3.05) is 0 Å². The summed E-state index contributed by atoms with van der Waals surface area (Å²) in [5.41, 5.74) is -0.223. The summed E-state index contributed by atoms with van der Waals surface area (Å²) in [6.45, 7) is 2.08. The first-order valence-electron chi connectivity index (χ1n) is 10.1. The number of nitrogens with zero attached hydrogens (tertiary/aromatic N) is 1. The molecule has 1 saturated heterocycles. The van der Waals surface area contributed by atoms with Crippen LogP contribution in [0.5, 0.6) is 0 Å². The van der Waals surface area contributed by atoms with E-state index in [9.17, 15) is 14.4 Å². The van der Waals surface area contributed by atoms with Crippen LogP contribution in [0.2, 0.25) is 0 Å². The molecule has 2 aliphatic rings. The summed E-state index contributed by atoms with van der Waals surface area (Å²) in [5, 5.41) is 5.67. The van der Waals surface area contributed by atoms with Gasteiger partial charge in [0.2, 0.25) is 0 Å². The molecular weight excluding hydrogens is 368 g/mol. The van der Waals surface area contributed by atoms with Crippen molar-refractivity contribution in [3.8, 4) is 0 Å². The predicted octanol–water partition coefficient (Wildman–Crippen LogP) is 3.95. The average Bonchev–Trinajstić information content (AvgIpc) is 2.94. The lowest BCUT2D eigenvalue weighted by molar-refractivity contribution is -0.134. The zero-order chi connectivity index (χ0) is 20.2. The summed E-state index contributed by atoms with van der Waals surface area (Å²) in [4.78, 5) is 39.5. The number of benzene rings is 2. The predicted molar refractivity (Wildman–Crippen MR) is 109 cm³/mol. The third-order valence-corrected chi connectivity index (χ3v) is 6.54. The van der Waals surface area contributed by atoms with E-state index in [0.717, 1.165) is 35.4 Å². The number of nitrogens with one attached hydrogen (secondary N) is 1. The van der Waals surface area contributed by atoms with E-state index < -0.39 is 11.2 Å². The first-order chi connectivity index (χ1) is 14.0. The largest absolute Gasteiger partial charge is 0.423 e. The normalized spacial score (nSPS) is 24.6. The topological polar surface area (TPSA) is 79.6 Å². The summed E-state index contributed by atoms with van der Waals surface area (Å²) in [6, 6.07) is 12.5. The van der Waals surface area contributed by atoms with E-state index in [1.54, 1.807) is 6.07 Å². The second-order valence-electron chi connectivity index (χ2n) is 8.19. The number of urea groups is 1. The number of imide groups is 1. The van der Waals surface area contributed by atoms with E-state index >= 15 is 0 Å². The molecular formula is C23H22N2O4. The third kappa shape index (κ3) is 2.66. The molecule has 6 heteroatoms. The Morgan fingerprint density at radius 3 is 2.79 bits per heavy atom. The number of carbonyl (C=O) groups excluding carboxylic acids is 2. The Labute approximate surface area is 167 Å². The molecule has 0 unspecified atom stereocenters. The Kier molecular flexibility index (Phi) is 3.98. The zero-order valence-corrected chi connectivity index (χ0v) is 16.2. The van der Waals surface area contributed by atoms with Crippen LogP contribution in [-0.2, 0) is 11.3 Å². The first-order valence-corrected chi connectivity index (χ1v) is 10.1. The van der Waals surface area contributed by atoms with E-state index in [0.29, 0.717) is 17.6 Å². The van der Waals surface area contributed by atoms with Crippen molar-refractivity contribution < 1.29 is 14.0 Å². The highest BCUT2D eigenvalue weighted by Gasteiger charge is 2.54. The van der Waals surface area contributed by atoms with E-state index in [2.05, 4.69) is 5.32 Å². The monoisotopic (exact) mass is 390 g/mol. The molecule has 1 N–H and O–H groups in total. The van der Waals surface area contributed by atoms with E-state index in [1.165, 1.54) is 11.0 Å². The molecule has 1 saturated carbocycles. The zero-order valence-electron chi connectivity index (χ0n) is 16.2. The molecule has 148 valence electrons. The van der Waals surface area contributed by atoms with Crippen LogP contribution in [0, 0.1) is 5.92 Å². The van der Waals surface area contributed by atoms with Gasteiger partial charge in [0.15, 0.2) is 0 Å². The number of amides is 3. The maximum Gasteiger partial charge on any atom is 0.336 e. The van der Waals surface area contributed by atoms with Crippen LogP contribution in [0.25, 0.3) is 21.7 Å². The van der Waals surface area contributed by atoms with Crippen molar-refractivity contribution in [2.24, 2.45) is 5.92 Å². The lowest BCUT2D eigenvalue weighted by Crippen LogP contribution is -2.53. The summed E-state index contributed by atoms with van der Waals surface area (Å²) in [6.07, 6.45) is 3.58. The third-order valence-electron chi connectivity index (χ3n) is 6.54. The molecule has 2 heterocycles. The van der Waals surface area contributed by atoms with Gasteiger partial charge in [0.1, 0.15) is 11.1 Å². The van der Waals surface area contributed by atoms with Gasteiger partial charge in [-0.05, 0) is 41.2 Å². The molecule has 29 heavy (non-hydrogen) atoms. The molecule has 1 spiro atoms. The van der Waals surface area contributed by atoms with Crippen LogP contribution in [0.3, 0.4) is 0 Å². The minimum atomic E-state index is -0.813. The Bertz CT molecular complexity index is 1210. The van der Waals surface area contributed by atoms with Crippen molar-refractivity contribution in [1.82, 2.24) is 10.2 Å². The van der Waals surface area contributed by atoms with Crippen molar-refractivity contribution in [1.29, 1.82) is 0 Å². The molecule has 2 fully saturated rings. The lowest BCUT2D eigenvalue weighted by atomic mass is 9.73. The molecule has 2 aromatic carbocycles. The molecule has 1 aliphatic carbocycles. The minimum Gasteiger partial charge on any atom is -0.423 e. The van der Waals surface area contributed by atoms with Crippen LogP contribution in [0.15, 0.2) is 51.7 Å². The molecule has 3 amide bonds. The quantitative estimate of drug-likeness (QED) is 0.408. The van der Waals surface area contributed by atoms with Gasteiger partial charge in [-0.1, -0.05) is 50.1 Å². The van der Waals surface area contributed by atoms with Crippen LogP contribution in [0.1, 0.15) is 38.2 Å². The second-order valence-corrected chi connectivity index (χ2v) is 8.19. The lowest BCUT2D eigenvalue weighted by Gasteiger charge is -2.36. The van der Waals surface area contributed by atoms with Gasteiger partial charge in [0, 0.05) is 11.5 Å². The van der Waals surface area contributed by atoms with Gasteiger partial charge in [-0.3, -0.25) is 9.69 Å². The summed E-state index contributed by atoms with van der Waals surface area (Å²) < 4.78 is 5.40. The SMILES string of the molecule is C[C@@H]1CCCC[C@]12NC(=O)N(Cc1cc(=O)oc3ccc4ccccc4c13)C2=O. The fourth-order valence-corrected chi connectivity index (χ4v) is 4.95. The average molecular weight is 390 g/mol. The fourth-order valence-electron chi connectivity index (χ4n) is 4.95. The molecule has 0 bridgehead atoms. The number of hydrogen-bond donors (Lipinski definition) is 1. The summed E-state index contributed by atoms with van der Waals surface area (Å²) >= 11 is 0. The van der Waals surface area contributed by atoms with Crippen LogP contribution in [-0.4, -0.2) is 22.4 Å². The standard InChI is InChI=1S/C23H22N2O4/c1-14-6-4-5-11-23(14)21(27)25(22(28)24-23)13-16-12-19(26)29-18-10-9-15-7-2-3-8-17(15)20(16)18/h2-3,7-10,12,14H,4-6,11,13H2,1H3,(H,24,28)/t14-,23+/m1/s1. The smallest absolute Gasteiger partial charge is 0.336 e. The first kappa shape index (κ1) is 17.9. The molecule has 5 rings (SSSR count). The van der Waals surface area contributed by atoms with Gasteiger partial charge in [0.05, 0.1) is 6.54 Å². The molecule has 6 nitrogen and oxygen atoms in total. The Morgan fingerprint density at radius 2 is 1.97 bits per heavy atom. The van der Waals surface area contributed by atoms with Crippen molar-refractivity contribution >= 4 is 33.7 Å². The number of carbonyl (C=O) groups is 2. The van der Waals surface area contributed by atoms with Gasteiger partial charge in [-0.2, -0.15) is 0 Å². The molecule has 2 atom stereocenters. The summed E-state index contributed by atoms with van der Waals surface area (Å²) in [7, 11) is 0. The van der Waals surface area contributed by atoms with E-state index in [4.69, 9.17) is 4.42 Å². The Morgan fingerprint density at radius 1 is 1.14 bits per heavy atom. The molecule has 0 radical (unpaired) electrons. The van der Waals surface area contributed by atoms with Gasteiger partial charge in [-0.15, -0.1) is 0 Å². The number of fused-ring (bicyclic) bond motifs is 3. The van der Waals surface area contributed by atoms with Gasteiger partial charge in [0.25, 0.3) is 5.91 Å². The summed E-state index contributed by atoms with van der Waals surface area (Å²) in [5.74, 6) is -0.0903. The van der Waals surface area contributed by atoms with Crippen molar-refractivity contribution in [2.45, 2.75) is 44.7 Å². The maximum atomic E-state index is 13.3. The van der Waals surface area contributed by atoms with Crippen LogP contribution in [0.4, 0.5) is 4.79 Å². The van der Waals surface area contributed by atoms with E-state index in [1.807, 2.05) is 37.3 Å². The minimum absolute atomic E-state index is 0.0508. The second kappa shape index (κ2) is 6.44. The fraction of sp³-hybridized carbons (Fsp3) is 0.348. The highest BCUT2D eigenvalue weighted by molar-refractivity contribution is 6.09. The molecule has 3 aromatic rings. The molecule has 1 aromatic heterocycles. The maximum absolute atomic E-state index is 13.3.